The molecule has 108 valence electrons. The molecule has 2 aromatic rings. The molecule has 2 rings (SSSR count). The summed E-state index contributed by atoms with van der Waals surface area (Å²) in [6, 6.07) is 7.35. The maximum Gasteiger partial charge on any atom is 0.511 e. The maximum atomic E-state index is 10.9. The van der Waals surface area contributed by atoms with Gasteiger partial charge in [0, 0.05) is 36.0 Å². The van der Waals surface area contributed by atoms with Crippen LogP contribution in [0.5, 0.6) is 5.75 Å². The number of aromatic nitrogens is 1. The molecule has 0 saturated carbocycles. The predicted octanol–water partition coefficient (Wildman–Crippen LogP) is 3.20. The predicted molar refractivity (Wildman–Crippen MR) is 73.5 cm³/mol. The van der Waals surface area contributed by atoms with Gasteiger partial charge in [-0.15, -0.1) is 0 Å². The fourth-order valence-corrected chi connectivity index (χ4v) is 1.99. The van der Waals surface area contributed by atoms with E-state index in [4.69, 9.17) is 9.84 Å². The Morgan fingerprint density at radius 2 is 2.19 bits per heavy atom. The van der Waals surface area contributed by atoms with Gasteiger partial charge in [-0.1, -0.05) is 13.0 Å². The van der Waals surface area contributed by atoms with Gasteiger partial charge in [-0.25, -0.2) is 4.79 Å². The Hall–Kier alpha value is -2.96. The average Bonchev–Trinajstić information content (AvgIpc) is 2.47. The fourth-order valence-electron chi connectivity index (χ4n) is 1.99. The highest BCUT2D eigenvalue weighted by atomic mass is 16.7. The van der Waals surface area contributed by atoms with Crippen LogP contribution in [-0.4, -0.2) is 21.2 Å². The maximum absolute atomic E-state index is 10.9. The summed E-state index contributed by atoms with van der Waals surface area (Å²) in [6.45, 7) is 1.80. The minimum absolute atomic E-state index is 0.0736. The average molecular weight is 288 g/mol. The Labute approximate surface area is 120 Å². The molecular formula is C14H12N2O5. The van der Waals surface area contributed by atoms with Gasteiger partial charge >= 0.3 is 6.16 Å². The van der Waals surface area contributed by atoms with Gasteiger partial charge < -0.3 is 9.84 Å². The Bertz CT molecular complexity index is 672. The number of nitro benzene ring substituents is 1. The third kappa shape index (κ3) is 3.33. The summed E-state index contributed by atoms with van der Waals surface area (Å²) in [5, 5.41) is 19.6. The SMILES string of the molecule is CC(c1cccnc1)c1cc([N+](=O)[O-])ccc1OC(=O)O. The number of hydrogen-bond acceptors (Lipinski definition) is 5. The summed E-state index contributed by atoms with van der Waals surface area (Å²) < 4.78 is 4.70. The lowest BCUT2D eigenvalue weighted by atomic mass is 9.93. The number of nitro groups is 1. The van der Waals surface area contributed by atoms with Crippen LogP contribution in [-0.2, 0) is 0 Å². The van der Waals surface area contributed by atoms with Crippen LogP contribution < -0.4 is 4.74 Å². The van der Waals surface area contributed by atoms with Crippen LogP contribution in [0.25, 0.3) is 0 Å². The van der Waals surface area contributed by atoms with Crippen LogP contribution in [0.2, 0.25) is 0 Å². The number of benzene rings is 1. The Balaban J connectivity index is 2.49. The second kappa shape index (κ2) is 6.00. The van der Waals surface area contributed by atoms with Crippen molar-refractivity contribution >= 4 is 11.8 Å². The summed E-state index contributed by atoms with van der Waals surface area (Å²) in [6.07, 6.45) is 1.76. The first kappa shape index (κ1) is 14.4. The van der Waals surface area contributed by atoms with Crippen LogP contribution >= 0.6 is 0 Å². The Kier molecular flexibility index (Phi) is 4.13. The fraction of sp³-hybridized carbons (Fsp3) is 0.143. The van der Waals surface area contributed by atoms with Gasteiger partial charge in [0.2, 0.25) is 0 Å². The van der Waals surface area contributed by atoms with E-state index in [1.807, 2.05) is 0 Å². The quantitative estimate of drug-likeness (QED) is 0.401. The van der Waals surface area contributed by atoms with Crippen molar-refractivity contribution in [3.05, 3.63) is 64.0 Å². The zero-order chi connectivity index (χ0) is 15.4. The molecule has 7 heteroatoms. The molecule has 1 aromatic heterocycles. The number of rotatable bonds is 4. The highest BCUT2D eigenvalue weighted by Gasteiger charge is 2.20. The number of carboxylic acid groups (broad SMARTS) is 1. The Morgan fingerprint density at radius 1 is 1.43 bits per heavy atom. The van der Waals surface area contributed by atoms with E-state index in [0.29, 0.717) is 5.56 Å². The second-order valence-electron chi connectivity index (χ2n) is 4.36. The molecule has 0 radical (unpaired) electrons. The van der Waals surface area contributed by atoms with Crippen molar-refractivity contribution in [3.8, 4) is 5.75 Å². The van der Waals surface area contributed by atoms with Crippen LogP contribution in [0.4, 0.5) is 10.5 Å². The van der Waals surface area contributed by atoms with E-state index >= 15 is 0 Å². The summed E-state index contributed by atoms with van der Waals surface area (Å²) in [4.78, 5) is 25.1. The van der Waals surface area contributed by atoms with Crippen molar-refractivity contribution in [3.63, 3.8) is 0 Å². The van der Waals surface area contributed by atoms with Crippen LogP contribution in [0.3, 0.4) is 0 Å². The van der Waals surface area contributed by atoms with Crippen molar-refractivity contribution in [2.24, 2.45) is 0 Å². The van der Waals surface area contributed by atoms with Crippen molar-refractivity contribution in [2.45, 2.75) is 12.8 Å². The van der Waals surface area contributed by atoms with Crippen LogP contribution in [0.15, 0.2) is 42.7 Å². The minimum Gasteiger partial charge on any atom is -0.449 e. The van der Waals surface area contributed by atoms with Gasteiger partial charge in [0.1, 0.15) is 5.75 Å². The van der Waals surface area contributed by atoms with Gasteiger partial charge in [-0.3, -0.25) is 15.1 Å². The molecule has 7 nitrogen and oxygen atoms in total. The first-order chi connectivity index (χ1) is 9.99. The lowest BCUT2D eigenvalue weighted by Gasteiger charge is -2.15. The second-order valence-corrected chi connectivity index (χ2v) is 4.36. The first-order valence-electron chi connectivity index (χ1n) is 6.08. The summed E-state index contributed by atoms with van der Waals surface area (Å²) in [7, 11) is 0. The van der Waals surface area contributed by atoms with Gasteiger partial charge in [-0.2, -0.15) is 0 Å². The number of hydrogen-bond donors (Lipinski definition) is 1. The third-order valence-corrected chi connectivity index (χ3v) is 3.05. The molecule has 0 aliphatic rings. The largest absolute Gasteiger partial charge is 0.511 e. The van der Waals surface area contributed by atoms with E-state index in [-0.39, 0.29) is 17.4 Å². The van der Waals surface area contributed by atoms with E-state index in [1.54, 1.807) is 31.5 Å². The minimum atomic E-state index is -1.47. The zero-order valence-electron chi connectivity index (χ0n) is 11.1. The van der Waals surface area contributed by atoms with Gasteiger partial charge in [0.25, 0.3) is 5.69 Å². The molecule has 0 aliphatic heterocycles. The molecular weight excluding hydrogens is 276 g/mol. The molecule has 0 amide bonds. The highest BCUT2D eigenvalue weighted by molar-refractivity contribution is 5.63. The normalized spacial score (nSPS) is 11.7. The first-order valence-corrected chi connectivity index (χ1v) is 6.08. The lowest BCUT2D eigenvalue weighted by molar-refractivity contribution is -0.384. The standard InChI is InChI=1S/C14H12N2O5/c1-9(10-3-2-6-15-8-10)12-7-11(16(19)20)4-5-13(12)21-14(17)18/h2-9H,1H3,(H,17,18). The molecule has 1 heterocycles. The number of nitrogens with zero attached hydrogens (tertiary/aromatic N) is 2. The summed E-state index contributed by atoms with van der Waals surface area (Å²) in [5.74, 6) is -0.225. The van der Waals surface area contributed by atoms with Crippen molar-refractivity contribution < 1.29 is 19.6 Å². The molecule has 1 N–H and O–H groups in total. The van der Waals surface area contributed by atoms with E-state index in [2.05, 4.69) is 4.98 Å². The third-order valence-electron chi connectivity index (χ3n) is 3.05. The number of carbonyl (C=O) groups is 1. The van der Waals surface area contributed by atoms with Gasteiger partial charge in [0.05, 0.1) is 4.92 Å². The molecule has 0 fully saturated rings. The monoisotopic (exact) mass is 288 g/mol. The van der Waals surface area contributed by atoms with E-state index in [9.17, 15) is 14.9 Å². The molecule has 0 saturated heterocycles. The van der Waals surface area contributed by atoms with Gasteiger partial charge in [-0.05, 0) is 17.7 Å². The molecule has 0 bridgehead atoms. The number of pyridine rings is 1. The van der Waals surface area contributed by atoms with E-state index in [1.165, 1.54) is 18.2 Å². The van der Waals surface area contributed by atoms with Crippen molar-refractivity contribution in [1.82, 2.24) is 4.98 Å². The topological polar surface area (TPSA) is 103 Å². The zero-order valence-corrected chi connectivity index (χ0v) is 11.1. The molecule has 0 aliphatic carbocycles. The molecule has 1 aromatic carbocycles. The molecule has 21 heavy (non-hydrogen) atoms. The molecule has 1 atom stereocenters. The number of non-ortho nitro benzene ring substituents is 1. The highest BCUT2D eigenvalue weighted by Crippen LogP contribution is 2.34. The van der Waals surface area contributed by atoms with Gasteiger partial charge in [0.15, 0.2) is 0 Å². The smallest absolute Gasteiger partial charge is 0.449 e. The van der Waals surface area contributed by atoms with E-state index < -0.39 is 11.1 Å². The lowest BCUT2D eigenvalue weighted by Crippen LogP contribution is -2.08. The van der Waals surface area contributed by atoms with Crippen LogP contribution in [0.1, 0.15) is 24.0 Å². The van der Waals surface area contributed by atoms with E-state index in [0.717, 1.165) is 5.56 Å². The van der Waals surface area contributed by atoms with Crippen LogP contribution in [0, 0.1) is 10.1 Å². The summed E-state index contributed by atoms with van der Waals surface area (Å²) in [5.41, 5.74) is 1.09. The Morgan fingerprint density at radius 3 is 2.76 bits per heavy atom. The van der Waals surface area contributed by atoms with Crippen molar-refractivity contribution in [2.75, 3.05) is 0 Å². The van der Waals surface area contributed by atoms with Crippen molar-refractivity contribution in [1.29, 1.82) is 0 Å². The summed E-state index contributed by atoms with van der Waals surface area (Å²) >= 11 is 0. The number of ether oxygens (including phenoxy) is 1. The molecule has 1 unspecified atom stereocenters. The molecule has 0 spiro atoms.